The van der Waals surface area contributed by atoms with Crippen LogP contribution < -0.4 is 4.74 Å². The third-order valence-corrected chi connectivity index (χ3v) is 2.67. The largest absolute Gasteiger partial charge is 0.484 e. The molecule has 0 atom stereocenters. The van der Waals surface area contributed by atoms with E-state index in [1.54, 1.807) is 4.90 Å². The molecule has 1 aromatic rings. The molecular formula is C14H21NO3. The second kappa shape index (κ2) is 7.01. The van der Waals surface area contributed by atoms with Crippen molar-refractivity contribution in [3.8, 4) is 5.75 Å². The van der Waals surface area contributed by atoms with Gasteiger partial charge in [0.2, 0.25) is 0 Å². The number of carbonyl (C=O) groups excluding carboxylic acids is 1. The first kappa shape index (κ1) is 14.5. The van der Waals surface area contributed by atoms with E-state index in [0.717, 1.165) is 5.56 Å². The average molecular weight is 251 g/mol. The summed E-state index contributed by atoms with van der Waals surface area (Å²) in [6.45, 7) is 6.14. The van der Waals surface area contributed by atoms with Crippen molar-refractivity contribution >= 4 is 5.91 Å². The molecule has 1 aromatic carbocycles. The molecule has 0 fully saturated rings. The fourth-order valence-electron chi connectivity index (χ4n) is 1.64. The van der Waals surface area contributed by atoms with E-state index in [1.807, 2.05) is 45.0 Å². The van der Waals surface area contributed by atoms with E-state index in [4.69, 9.17) is 9.84 Å². The van der Waals surface area contributed by atoms with Crippen LogP contribution in [0, 0.1) is 6.92 Å². The molecule has 0 aliphatic rings. The number of hydrogen-bond donors (Lipinski definition) is 1. The van der Waals surface area contributed by atoms with E-state index in [0.29, 0.717) is 12.3 Å². The summed E-state index contributed by atoms with van der Waals surface area (Å²) in [5, 5.41) is 8.92. The molecule has 0 heterocycles. The van der Waals surface area contributed by atoms with E-state index >= 15 is 0 Å². The molecule has 1 amide bonds. The van der Waals surface area contributed by atoms with Crippen molar-refractivity contribution in [2.45, 2.75) is 26.8 Å². The zero-order valence-electron chi connectivity index (χ0n) is 11.2. The molecule has 4 nitrogen and oxygen atoms in total. The molecule has 0 spiro atoms. The number of hydrogen-bond acceptors (Lipinski definition) is 3. The van der Waals surface area contributed by atoms with Crippen molar-refractivity contribution in [1.82, 2.24) is 4.90 Å². The fourth-order valence-corrected chi connectivity index (χ4v) is 1.64. The highest BCUT2D eigenvalue weighted by Gasteiger charge is 2.16. The number of ether oxygens (including phenoxy) is 1. The van der Waals surface area contributed by atoms with Crippen molar-refractivity contribution in [3.63, 3.8) is 0 Å². The summed E-state index contributed by atoms with van der Waals surface area (Å²) in [4.78, 5) is 13.5. The third-order valence-electron chi connectivity index (χ3n) is 2.67. The minimum atomic E-state index is -0.111. The molecule has 0 aliphatic carbocycles. The molecule has 0 aromatic heterocycles. The van der Waals surface area contributed by atoms with Gasteiger partial charge < -0.3 is 14.7 Å². The Morgan fingerprint density at radius 1 is 1.33 bits per heavy atom. The summed E-state index contributed by atoms with van der Waals surface area (Å²) >= 11 is 0. The molecule has 1 N–H and O–H groups in total. The first-order valence-electron chi connectivity index (χ1n) is 6.14. The van der Waals surface area contributed by atoms with Crippen LogP contribution in [-0.4, -0.2) is 41.7 Å². The maximum absolute atomic E-state index is 11.9. The number of aryl methyl sites for hydroxylation is 1. The Labute approximate surface area is 108 Å². The molecule has 0 saturated heterocycles. The van der Waals surface area contributed by atoms with Crippen LogP contribution in [0.3, 0.4) is 0 Å². The first-order chi connectivity index (χ1) is 8.54. The monoisotopic (exact) mass is 251 g/mol. The van der Waals surface area contributed by atoms with E-state index in [9.17, 15) is 4.79 Å². The highest BCUT2D eigenvalue weighted by molar-refractivity contribution is 5.78. The number of amides is 1. The van der Waals surface area contributed by atoms with Crippen LogP contribution in [0.25, 0.3) is 0 Å². The lowest BCUT2D eigenvalue weighted by Gasteiger charge is -2.25. The Bertz CT molecular complexity index is 373. The molecular weight excluding hydrogens is 230 g/mol. The van der Waals surface area contributed by atoms with Gasteiger partial charge in [0.1, 0.15) is 5.75 Å². The summed E-state index contributed by atoms with van der Waals surface area (Å²) in [6.07, 6.45) is 0. The molecule has 0 bridgehead atoms. The van der Waals surface area contributed by atoms with Crippen LogP contribution in [0.15, 0.2) is 24.3 Å². The lowest BCUT2D eigenvalue weighted by atomic mass is 10.2. The van der Waals surface area contributed by atoms with Crippen molar-refractivity contribution < 1.29 is 14.6 Å². The number of aliphatic hydroxyl groups excluding tert-OH is 1. The maximum Gasteiger partial charge on any atom is 0.260 e. The fraction of sp³-hybridized carbons (Fsp3) is 0.500. The van der Waals surface area contributed by atoms with Crippen LogP contribution in [0.4, 0.5) is 0 Å². The van der Waals surface area contributed by atoms with Crippen molar-refractivity contribution in [1.29, 1.82) is 0 Å². The SMILES string of the molecule is Cc1ccc(OCC(=O)N(CCO)C(C)C)cc1. The lowest BCUT2D eigenvalue weighted by Crippen LogP contribution is -2.41. The van der Waals surface area contributed by atoms with Gasteiger partial charge in [-0.3, -0.25) is 4.79 Å². The quantitative estimate of drug-likeness (QED) is 0.835. The molecule has 4 heteroatoms. The number of benzene rings is 1. The molecule has 18 heavy (non-hydrogen) atoms. The minimum Gasteiger partial charge on any atom is -0.484 e. The van der Waals surface area contributed by atoms with Crippen molar-refractivity contribution in [2.24, 2.45) is 0 Å². The first-order valence-corrected chi connectivity index (χ1v) is 6.14. The van der Waals surface area contributed by atoms with Crippen LogP contribution in [0.2, 0.25) is 0 Å². The van der Waals surface area contributed by atoms with Gasteiger partial charge in [-0.1, -0.05) is 17.7 Å². The topological polar surface area (TPSA) is 49.8 Å². The third kappa shape index (κ3) is 4.37. The minimum absolute atomic E-state index is 0.00123. The lowest BCUT2D eigenvalue weighted by molar-refractivity contribution is -0.135. The average Bonchev–Trinajstić information content (AvgIpc) is 2.34. The standard InChI is InChI=1S/C14H21NO3/c1-11(2)15(8-9-16)14(17)10-18-13-6-4-12(3)5-7-13/h4-7,11,16H,8-10H2,1-3H3. The zero-order valence-corrected chi connectivity index (χ0v) is 11.2. The van der Waals surface area contributed by atoms with Gasteiger partial charge in [-0.2, -0.15) is 0 Å². The number of nitrogens with zero attached hydrogens (tertiary/aromatic N) is 1. The molecule has 0 unspecified atom stereocenters. The Morgan fingerprint density at radius 2 is 1.94 bits per heavy atom. The smallest absolute Gasteiger partial charge is 0.260 e. The molecule has 1 rings (SSSR count). The summed E-state index contributed by atoms with van der Waals surface area (Å²) in [7, 11) is 0. The van der Waals surface area contributed by atoms with Crippen LogP contribution in [0.1, 0.15) is 19.4 Å². The number of aliphatic hydroxyl groups is 1. The van der Waals surface area contributed by atoms with E-state index in [1.165, 1.54) is 0 Å². The Kier molecular flexibility index (Phi) is 5.65. The Morgan fingerprint density at radius 3 is 2.44 bits per heavy atom. The Balaban J connectivity index is 2.51. The van der Waals surface area contributed by atoms with E-state index in [-0.39, 0.29) is 25.2 Å². The van der Waals surface area contributed by atoms with Crippen molar-refractivity contribution in [3.05, 3.63) is 29.8 Å². The predicted molar refractivity (Wildman–Crippen MR) is 70.6 cm³/mol. The van der Waals surface area contributed by atoms with Crippen LogP contribution in [-0.2, 0) is 4.79 Å². The van der Waals surface area contributed by atoms with Gasteiger partial charge >= 0.3 is 0 Å². The van der Waals surface area contributed by atoms with Crippen LogP contribution in [0.5, 0.6) is 5.75 Å². The normalized spacial score (nSPS) is 10.5. The molecule has 0 radical (unpaired) electrons. The highest BCUT2D eigenvalue weighted by atomic mass is 16.5. The van der Waals surface area contributed by atoms with Gasteiger partial charge in [0.15, 0.2) is 6.61 Å². The maximum atomic E-state index is 11.9. The zero-order chi connectivity index (χ0) is 13.5. The van der Waals surface area contributed by atoms with Gasteiger partial charge in [-0.05, 0) is 32.9 Å². The summed E-state index contributed by atoms with van der Waals surface area (Å²) in [5.74, 6) is 0.571. The molecule has 0 saturated carbocycles. The van der Waals surface area contributed by atoms with Gasteiger partial charge in [-0.25, -0.2) is 0 Å². The summed E-state index contributed by atoms with van der Waals surface area (Å²) in [6, 6.07) is 7.62. The second-order valence-electron chi connectivity index (χ2n) is 4.51. The van der Waals surface area contributed by atoms with E-state index in [2.05, 4.69) is 0 Å². The van der Waals surface area contributed by atoms with Crippen LogP contribution >= 0.6 is 0 Å². The van der Waals surface area contributed by atoms with Gasteiger partial charge in [0, 0.05) is 12.6 Å². The van der Waals surface area contributed by atoms with Gasteiger partial charge in [-0.15, -0.1) is 0 Å². The number of carbonyl (C=O) groups is 1. The Hall–Kier alpha value is -1.55. The van der Waals surface area contributed by atoms with Crippen molar-refractivity contribution in [2.75, 3.05) is 19.8 Å². The summed E-state index contributed by atoms with van der Waals surface area (Å²) < 4.78 is 5.43. The highest BCUT2D eigenvalue weighted by Crippen LogP contribution is 2.11. The number of rotatable bonds is 6. The molecule has 100 valence electrons. The second-order valence-corrected chi connectivity index (χ2v) is 4.51. The predicted octanol–water partition coefficient (Wildman–Crippen LogP) is 1.60. The molecule has 0 aliphatic heterocycles. The van der Waals surface area contributed by atoms with E-state index < -0.39 is 0 Å². The van der Waals surface area contributed by atoms with Gasteiger partial charge in [0.25, 0.3) is 5.91 Å². The summed E-state index contributed by atoms with van der Waals surface area (Å²) in [5.41, 5.74) is 1.15. The van der Waals surface area contributed by atoms with Gasteiger partial charge in [0.05, 0.1) is 6.61 Å².